The number of hydrogen-bond acceptors (Lipinski definition) is 11. The first kappa shape index (κ1) is 34.5. The molecule has 18 atom stereocenters. The molecule has 9 aliphatic heterocycles. The van der Waals surface area contributed by atoms with Crippen LogP contribution in [0, 0.1) is 11.8 Å². The van der Waals surface area contributed by atoms with Crippen molar-refractivity contribution in [3.8, 4) is 0 Å². The van der Waals surface area contributed by atoms with E-state index in [4.69, 9.17) is 43.6 Å². The van der Waals surface area contributed by atoms with Gasteiger partial charge in [-0.15, -0.1) is 0 Å². The van der Waals surface area contributed by atoms with Crippen LogP contribution in [0.3, 0.4) is 0 Å². The highest BCUT2D eigenvalue weighted by atomic mass is 16.7. The lowest BCUT2D eigenvalue weighted by atomic mass is 9.84. The van der Waals surface area contributed by atoms with E-state index in [-0.39, 0.29) is 116 Å². The van der Waals surface area contributed by atoms with Gasteiger partial charge in [0.1, 0.15) is 36.3 Å². The van der Waals surface area contributed by atoms with Gasteiger partial charge in [-0.2, -0.15) is 0 Å². The molecule has 0 amide bonds. The van der Waals surface area contributed by atoms with Crippen molar-refractivity contribution in [3.63, 3.8) is 0 Å². The highest BCUT2D eigenvalue weighted by molar-refractivity contribution is 5.79. The summed E-state index contributed by atoms with van der Waals surface area (Å²) in [5.74, 6) is 0.403. The van der Waals surface area contributed by atoms with Gasteiger partial charge in [0.25, 0.3) is 0 Å². The molecule has 0 saturated carbocycles. The lowest BCUT2D eigenvalue weighted by Crippen LogP contribution is -2.61. The third-order valence-corrected chi connectivity index (χ3v) is 13.5. The number of carbonyl (C=O) groups excluding carboxylic acids is 1. The predicted octanol–water partition coefficient (Wildman–Crippen LogP) is 3.81. The molecule has 0 aromatic carbocycles. The van der Waals surface area contributed by atoms with E-state index in [1.807, 2.05) is 0 Å². The van der Waals surface area contributed by atoms with Crippen LogP contribution in [0.5, 0.6) is 0 Å². The molecule has 11 heteroatoms. The zero-order valence-electron chi connectivity index (χ0n) is 29.3. The van der Waals surface area contributed by atoms with E-state index in [1.165, 1.54) is 5.57 Å². The van der Waals surface area contributed by atoms with Gasteiger partial charge < -0.3 is 48.7 Å². The minimum atomic E-state index is -0.630. The molecule has 0 aliphatic carbocycles. The van der Waals surface area contributed by atoms with Gasteiger partial charge in [0, 0.05) is 38.1 Å². The maximum Gasteiger partial charge on any atom is 0.161 e. The number of Topliss-reactive ketones (excluding diaryl/α,β-unsaturated/α-hetero) is 1. The van der Waals surface area contributed by atoms with Crippen LogP contribution in [0.15, 0.2) is 24.3 Å². The van der Waals surface area contributed by atoms with Crippen molar-refractivity contribution in [3.05, 3.63) is 24.3 Å². The zero-order valence-corrected chi connectivity index (χ0v) is 29.3. The van der Waals surface area contributed by atoms with Gasteiger partial charge in [-0.1, -0.05) is 13.2 Å². The predicted molar refractivity (Wildman–Crippen MR) is 180 cm³/mol. The molecular weight excluding hydrogens is 642 g/mol. The SMILES string of the molecule is C=C1CC2CCC3C[C@H]4OC5C6O[C@H]7CCC(CC(=O)C[C@@H]8C[C@@H](CC(O)CN)OC8CC8OC(CCC8=C)CCC1O2)O[C@@H]7[C@@H]5OC3OC64. The largest absolute Gasteiger partial charge is 0.392 e. The number of fused-ring (bicyclic) bond motifs is 6. The Labute approximate surface area is 295 Å². The van der Waals surface area contributed by atoms with Crippen LogP contribution in [-0.2, 0) is 42.7 Å². The summed E-state index contributed by atoms with van der Waals surface area (Å²) in [7, 11) is 0. The molecule has 9 rings (SSSR count). The molecule has 9 heterocycles. The smallest absolute Gasteiger partial charge is 0.161 e. The fraction of sp³-hybridized carbons (Fsp3) is 0.872. The van der Waals surface area contributed by atoms with Crippen molar-refractivity contribution in [2.75, 3.05) is 6.54 Å². The summed E-state index contributed by atoms with van der Waals surface area (Å²) < 4.78 is 53.4. The van der Waals surface area contributed by atoms with Crippen LogP contribution in [0.4, 0.5) is 0 Å². The van der Waals surface area contributed by atoms with Gasteiger partial charge in [0.15, 0.2) is 6.29 Å². The highest BCUT2D eigenvalue weighted by Gasteiger charge is 2.64. The Bertz CT molecular complexity index is 1300. The number of ether oxygens (including phenoxy) is 8. The Kier molecular flexibility index (Phi) is 9.80. The number of carbonyl (C=O) groups is 1. The minimum absolute atomic E-state index is 0.0105. The molecule has 9 saturated heterocycles. The van der Waals surface area contributed by atoms with Gasteiger partial charge in [-0.05, 0) is 87.7 Å². The maximum atomic E-state index is 13.8. The second-order valence-electron chi connectivity index (χ2n) is 17.0. The van der Waals surface area contributed by atoms with E-state index < -0.39 is 6.10 Å². The second kappa shape index (κ2) is 14.2. The number of hydrogen-bond donors (Lipinski definition) is 2. The Morgan fingerprint density at radius 2 is 1.34 bits per heavy atom. The number of aliphatic hydroxyl groups is 1. The highest BCUT2D eigenvalue weighted by Crippen LogP contribution is 2.50. The molecule has 11 nitrogen and oxygen atoms in total. The fourth-order valence-corrected chi connectivity index (χ4v) is 10.9. The van der Waals surface area contributed by atoms with E-state index in [1.54, 1.807) is 0 Å². The van der Waals surface area contributed by atoms with E-state index in [2.05, 4.69) is 13.2 Å². The average molecular weight is 700 g/mol. The first-order chi connectivity index (χ1) is 24.3. The molecule has 3 N–H and O–H groups in total. The summed E-state index contributed by atoms with van der Waals surface area (Å²) in [6.45, 7) is 8.99. The summed E-state index contributed by atoms with van der Waals surface area (Å²) in [4.78, 5) is 13.8. The van der Waals surface area contributed by atoms with Crippen molar-refractivity contribution in [2.45, 2.75) is 194 Å². The quantitative estimate of drug-likeness (QED) is 0.416. The molecule has 12 unspecified atom stereocenters. The monoisotopic (exact) mass is 699 g/mol. The van der Waals surface area contributed by atoms with Gasteiger partial charge in [-0.25, -0.2) is 0 Å². The third-order valence-electron chi connectivity index (χ3n) is 13.5. The maximum absolute atomic E-state index is 13.8. The Morgan fingerprint density at radius 1 is 0.620 bits per heavy atom. The standard InChI is InChI=1S/C39H57NO10/c1-19-3-5-25-7-9-29-20(2)11-26(44-29)6-4-21-14-33-35-36-38(48-33)37(50-39(21)49-35)34-30(47-36)10-8-27(46-34)15-23(41)12-22-13-28(16-24(42)18-40)45-32(22)17-31(19)43-25/h21-22,24-39,42H,1-18,40H2/t21?,22-,24?,25?,26?,27?,28+,29?,30+,31?,32?,33-,34+,35?,36?,37+,38?,39?/m1/s1. The summed E-state index contributed by atoms with van der Waals surface area (Å²) in [6, 6.07) is 0. The number of ketones is 1. The van der Waals surface area contributed by atoms with E-state index >= 15 is 0 Å². The van der Waals surface area contributed by atoms with E-state index in [0.29, 0.717) is 32.1 Å². The van der Waals surface area contributed by atoms with Crippen LogP contribution in [0.25, 0.3) is 0 Å². The number of aliphatic hydroxyl groups excluding tert-OH is 1. The van der Waals surface area contributed by atoms with Crippen LogP contribution >= 0.6 is 0 Å². The summed E-state index contributed by atoms with van der Waals surface area (Å²) in [6.07, 6.45) is 8.96. The summed E-state index contributed by atoms with van der Waals surface area (Å²) >= 11 is 0. The lowest BCUT2D eigenvalue weighted by molar-refractivity contribution is -0.309. The molecular formula is C39H57NO10. The van der Waals surface area contributed by atoms with Crippen molar-refractivity contribution < 1.29 is 47.8 Å². The molecule has 278 valence electrons. The molecule has 0 spiro atoms. The second-order valence-corrected chi connectivity index (χ2v) is 17.0. The van der Waals surface area contributed by atoms with E-state index in [0.717, 1.165) is 69.8 Å². The van der Waals surface area contributed by atoms with Crippen LogP contribution in [0.1, 0.15) is 96.3 Å². The summed E-state index contributed by atoms with van der Waals surface area (Å²) in [5, 5.41) is 10.4. The van der Waals surface area contributed by atoms with Crippen molar-refractivity contribution in [2.24, 2.45) is 17.6 Å². The minimum Gasteiger partial charge on any atom is -0.392 e. The van der Waals surface area contributed by atoms with Gasteiger partial charge >= 0.3 is 0 Å². The number of nitrogens with two attached hydrogens (primary N) is 1. The molecule has 50 heavy (non-hydrogen) atoms. The molecule has 9 aliphatic rings. The topological polar surface area (TPSA) is 137 Å². The third kappa shape index (κ3) is 6.71. The van der Waals surface area contributed by atoms with Crippen LogP contribution in [-0.4, -0.2) is 115 Å². The Balaban J connectivity index is 0.955. The van der Waals surface area contributed by atoms with Crippen molar-refractivity contribution >= 4 is 5.78 Å². The molecule has 0 aromatic rings. The van der Waals surface area contributed by atoms with Crippen molar-refractivity contribution in [1.29, 1.82) is 0 Å². The first-order valence-electron chi connectivity index (χ1n) is 19.8. The Hall–Kier alpha value is -1.25. The van der Waals surface area contributed by atoms with Gasteiger partial charge in [-0.3, -0.25) is 4.79 Å². The van der Waals surface area contributed by atoms with E-state index in [9.17, 15) is 9.90 Å². The fourth-order valence-electron chi connectivity index (χ4n) is 10.9. The number of rotatable bonds is 3. The molecule has 0 aromatic heterocycles. The van der Waals surface area contributed by atoms with Crippen LogP contribution in [0.2, 0.25) is 0 Å². The lowest BCUT2D eigenvalue weighted by Gasteiger charge is -2.47. The van der Waals surface area contributed by atoms with Crippen molar-refractivity contribution in [1.82, 2.24) is 0 Å². The molecule has 11 bridgehead atoms. The zero-order chi connectivity index (χ0) is 34.1. The molecule has 0 radical (unpaired) electrons. The Morgan fingerprint density at radius 3 is 2.22 bits per heavy atom. The van der Waals surface area contributed by atoms with Crippen LogP contribution < -0.4 is 5.73 Å². The normalized spacial score (nSPS) is 51.2. The average Bonchev–Trinajstić information content (AvgIpc) is 3.74. The first-order valence-corrected chi connectivity index (χ1v) is 19.8. The molecule has 9 fully saturated rings. The summed E-state index contributed by atoms with van der Waals surface area (Å²) in [5.41, 5.74) is 8.03. The van der Waals surface area contributed by atoms with Gasteiger partial charge in [0.2, 0.25) is 0 Å². The van der Waals surface area contributed by atoms with Gasteiger partial charge in [0.05, 0.1) is 61.0 Å².